The van der Waals surface area contributed by atoms with Gasteiger partial charge in [-0.15, -0.1) is 0 Å². The van der Waals surface area contributed by atoms with Crippen LogP contribution in [0.2, 0.25) is 0 Å². The number of anilines is 1. The first-order valence-electron chi connectivity index (χ1n) is 9.92. The number of carbonyl (C=O) groups excluding carboxylic acids is 2. The van der Waals surface area contributed by atoms with Gasteiger partial charge in [-0.05, 0) is 49.2 Å². The van der Waals surface area contributed by atoms with Crippen molar-refractivity contribution in [2.45, 2.75) is 25.7 Å². The molecule has 0 atom stereocenters. The van der Waals surface area contributed by atoms with E-state index >= 15 is 0 Å². The van der Waals surface area contributed by atoms with Crippen LogP contribution in [0, 0.1) is 5.82 Å². The van der Waals surface area contributed by atoms with E-state index in [4.69, 9.17) is 17.0 Å². The molecule has 0 saturated carbocycles. The van der Waals surface area contributed by atoms with Crippen molar-refractivity contribution < 1.29 is 18.7 Å². The zero-order valence-electron chi connectivity index (χ0n) is 17.1. The molecular weight excluding hydrogens is 435 g/mol. The lowest BCUT2D eigenvalue weighted by molar-refractivity contribution is -0.122. The summed E-state index contributed by atoms with van der Waals surface area (Å²) >= 11 is 6.67. The molecule has 1 saturated heterocycles. The van der Waals surface area contributed by atoms with Crippen molar-refractivity contribution in [3.05, 3.63) is 64.8 Å². The lowest BCUT2D eigenvalue weighted by atomic mass is 10.1. The molecule has 0 unspecified atom stereocenters. The van der Waals surface area contributed by atoms with Gasteiger partial charge in [0.15, 0.2) is 0 Å². The lowest BCUT2D eigenvalue weighted by Gasteiger charge is -2.14. The van der Waals surface area contributed by atoms with Gasteiger partial charge in [-0.1, -0.05) is 48.6 Å². The number of para-hydroxylation sites is 1. The molecule has 0 bridgehead atoms. The zero-order chi connectivity index (χ0) is 22.2. The van der Waals surface area contributed by atoms with Gasteiger partial charge in [0.2, 0.25) is 5.91 Å². The fraction of sp³-hybridized carbons (Fsp3) is 0.261. The third kappa shape index (κ3) is 6.38. The number of ether oxygens (including phenoxy) is 1. The fourth-order valence-corrected chi connectivity index (χ4v) is 4.41. The van der Waals surface area contributed by atoms with Gasteiger partial charge >= 0.3 is 0 Å². The molecule has 0 radical (unpaired) electrons. The molecule has 0 aliphatic carbocycles. The molecule has 5 nitrogen and oxygen atoms in total. The van der Waals surface area contributed by atoms with Crippen molar-refractivity contribution in [2.24, 2.45) is 0 Å². The molecule has 0 spiro atoms. The third-order valence-corrected chi connectivity index (χ3v) is 6.09. The highest BCUT2D eigenvalue weighted by Crippen LogP contribution is 2.34. The molecule has 1 aliphatic heterocycles. The van der Waals surface area contributed by atoms with Crippen molar-refractivity contribution in [3.63, 3.8) is 0 Å². The van der Waals surface area contributed by atoms with E-state index in [-0.39, 0.29) is 17.6 Å². The van der Waals surface area contributed by atoms with Gasteiger partial charge < -0.3 is 10.1 Å². The summed E-state index contributed by atoms with van der Waals surface area (Å²) in [6.45, 7) is 0.521. The number of benzene rings is 2. The largest absolute Gasteiger partial charge is 0.496 e. The van der Waals surface area contributed by atoms with Crippen molar-refractivity contribution in [1.29, 1.82) is 0 Å². The predicted molar refractivity (Wildman–Crippen MR) is 126 cm³/mol. The van der Waals surface area contributed by atoms with Crippen LogP contribution in [0.15, 0.2) is 53.4 Å². The Labute approximate surface area is 190 Å². The average Bonchev–Trinajstić information content (AvgIpc) is 3.02. The van der Waals surface area contributed by atoms with Gasteiger partial charge in [-0.2, -0.15) is 0 Å². The van der Waals surface area contributed by atoms with Gasteiger partial charge in [0.25, 0.3) is 5.91 Å². The first kappa shape index (κ1) is 23.0. The predicted octanol–water partition coefficient (Wildman–Crippen LogP) is 5.23. The Bertz CT molecular complexity index is 993. The molecule has 1 fully saturated rings. The van der Waals surface area contributed by atoms with Crippen LogP contribution in [-0.2, 0) is 9.59 Å². The minimum atomic E-state index is -0.341. The van der Waals surface area contributed by atoms with Crippen LogP contribution in [0.1, 0.15) is 31.2 Å². The Kier molecular flexibility index (Phi) is 8.20. The van der Waals surface area contributed by atoms with Crippen LogP contribution in [-0.4, -0.2) is 34.7 Å². The minimum absolute atomic E-state index is 0.102. The maximum Gasteiger partial charge on any atom is 0.266 e. The molecule has 2 amide bonds. The van der Waals surface area contributed by atoms with E-state index in [1.807, 2.05) is 24.3 Å². The van der Waals surface area contributed by atoms with E-state index in [0.717, 1.165) is 18.4 Å². The quantitative estimate of drug-likeness (QED) is 0.317. The van der Waals surface area contributed by atoms with E-state index in [0.29, 0.717) is 40.0 Å². The number of thioether (sulfide) groups is 1. The van der Waals surface area contributed by atoms with E-state index in [1.165, 1.54) is 36.0 Å². The number of carbonyl (C=O) groups is 2. The molecule has 0 aromatic heterocycles. The van der Waals surface area contributed by atoms with E-state index < -0.39 is 0 Å². The number of hydrogen-bond acceptors (Lipinski definition) is 5. The number of unbranched alkanes of at least 4 members (excludes halogenated alkanes) is 2. The Hall–Kier alpha value is -2.71. The maximum absolute atomic E-state index is 12.9. The number of thiocarbonyl (C=S) groups is 1. The minimum Gasteiger partial charge on any atom is -0.496 e. The molecular formula is C23H23FN2O3S2. The summed E-state index contributed by atoms with van der Waals surface area (Å²) in [6, 6.07) is 13.2. The zero-order valence-corrected chi connectivity index (χ0v) is 18.7. The maximum atomic E-state index is 12.9. The van der Waals surface area contributed by atoms with Gasteiger partial charge in [0.05, 0.1) is 12.0 Å². The summed E-state index contributed by atoms with van der Waals surface area (Å²) in [7, 11) is 1.60. The number of methoxy groups -OCH3 is 1. The second kappa shape index (κ2) is 11.1. The first-order valence-corrected chi connectivity index (χ1v) is 11.1. The molecule has 1 aliphatic rings. The first-order chi connectivity index (χ1) is 15.0. The van der Waals surface area contributed by atoms with Crippen molar-refractivity contribution in [3.8, 4) is 5.75 Å². The highest BCUT2D eigenvalue weighted by atomic mass is 32.2. The smallest absolute Gasteiger partial charge is 0.266 e. The Morgan fingerprint density at radius 1 is 1.16 bits per heavy atom. The topological polar surface area (TPSA) is 58.6 Å². The second-order valence-electron chi connectivity index (χ2n) is 6.94. The van der Waals surface area contributed by atoms with Gasteiger partial charge in [-0.25, -0.2) is 4.39 Å². The number of halogens is 1. The van der Waals surface area contributed by atoms with Crippen LogP contribution in [0.5, 0.6) is 5.75 Å². The molecule has 162 valence electrons. The molecule has 3 rings (SSSR count). The van der Waals surface area contributed by atoms with Crippen LogP contribution >= 0.6 is 24.0 Å². The van der Waals surface area contributed by atoms with Crippen molar-refractivity contribution in [1.82, 2.24) is 4.90 Å². The van der Waals surface area contributed by atoms with Gasteiger partial charge in [-0.3, -0.25) is 14.5 Å². The Morgan fingerprint density at radius 3 is 2.65 bits per heavy atom. The van der Waals surface area contributed by atoms with Crippen molar-refractivity contribution in [2.75, 3.05) is 19.0 Å². The number of rotatable bonds is 9. The highest BCUT2D eigenvalue weighted by molar-refractivity contribution is 8.26. The summed E-state index contributed by atoms with van der Waals surface area (Å²) in [6.07, 6.45) is 4.40. The normalized spacial score (nSPS) is 14.9. The molecule has 31 heavy (non-hydrogen) atoms. The molecule has 1 N–H and O–H groups in total. The van der Waals surface area contributed by atoms with Crippen LogP contribution in [0.25, 0.3) is 6.08 Å². The second-order valence-corrected chi connectivity index (χ2v) is 8.62. The standard InChI is InChI=1S/C23H23FN2O3S2/c1-29-19-8-5-4-7-16(19)15-20-22(28)26(23(30)31-20)14-6-2-3-9-21(27)25-18-12-10-17(24)11-13-18/h4-5,7-8,10-13,15H,2-3,6,9,14H2,1H3,(H,25,27)/b20-15-. The summed E-state index contributed by atoms with van der Waals surface area (Å²) in [5.41, 5.74) is 1.41. The van der Waals surface area contributed by atoms with Gasteiger partial charge in [0, 0.05) is 24.2 Å². The van der Waals surface area contributed by atoms with E-state index in [1.54, 1.807) is 18.1 Å². The molecule has 2 aromatic carbocycles. The van der Waals surface area contributed by atoms with Crippen molar-refractivity contribution >= 4 is 51.9 Å². The molecule has 8 heteroatoms. The Balaban J connectivity index is 1.44. The SMILES string of the molecule is COc1ccccc1/C=C1\SC(=S)N(CCCCCC(=O)Nc2ccc(F)cc2)C1=O. The lowest BCUT2D eigenvalue weighted by Crippen LogP contribution is -2.29. The average molecular weight is 459 g/mol. The monoisotopic (exact) mass is 458 g/mol. The third-order valence-electron chi connectivity index (χ3n) is 4.71. The van der Waals surface area contributed by atoms with E-state index in [2.05, 4.69) is 5.32 Å². The summed E-state index contributed by atoms with van der Waals surface area (Å²) in [4.78, 5) is 26.9. The number of nitrogens with one attached hydrogen (secondary N) is 1. The Morgan fingerprint density at radius 2 is 1.90 bits per heavy atom. The van der Waals surface area contributed by atoms with Gasteiger partial charge in [0.1, 0.15) is 15.9 Å². The number of amides is 2. The molecule has 1 heterocycles. The fourth-order valence-electron chi connectivity index (χ4n) is 3.11. The molecule has 2 aromatic rings. The van der Waals surface area contributed by atoms with E-state index in [9.17, 15) is 14.0 Å². The number of nitrogens with zero attached hydrogens (tertiary/aromatic N) is 1. The van der Waals surface area contributed by atoms with Crippen LogP contribution < -0.4 is 10.1 Å². The van der Waals surface area contributed by atoms with Crippen LogP contribution in [0.4, 0.5) is 10.1 Å². The summed E-state index contributed by atoms with van der Waals surface area (Å²) in [5.74, 6) is 0.144. The number of hydrogen-bond donors (Lipinski definition) is 1. The highest BCUT2D eigenvalue weighted by Gasteiger charge is 2.31. The summed E-state index contributed by atoms with van der Waals surface area (Å²) in [5, 5.41) is 2.74. The van der Waals surface area contributed by atoms with Crippen LogP contribution in [0.3, 0.4) is 0 Å². The summed E-state index contributed by atoms with van der Waals surface area (Å²) < 4.78 is 18.8.